The average Bonchev–Trinajstić information content (AvgIpc) is 2.62. The van der Waals surface area contributed by atoms with Crippen LogP contribution in [0.25, 0.3) is 11.1 Å². The third-order valence-electron chi connectivity index (χ3n) is 3.53. The molecule has 3 N–H and O–H groups in total. The molecule has 3 aromatic rings. The number of hydrogen-bond donors (Lipinski definition) is 2. The van der Waals surface area contributed by atoms with Gasteiger partial charge in [0.2, 0.25) is 16.0 Å². The summed E-state index contributed by atoms with van der Waals surface area (Å²) in [7, 11) is -2.41. The van der Waals surface area contributed by atoms with Gasteiger partial charge in [-0.3, -0.25) is 0 Å². The zero-order chi connectivity index (χ0) is 17.9. The Kier molecular flexibility index (Phi) is 4.64. The first-order valence-corrected chi connectivity index (χ1v) is 8.88. The number of sulfonamides is 1. The number of anilines is 2. The van der Waals surface area contributed by atoms with Crippen molar-refractivity contribution in [3.05, 3.63) is 60.9 Å². The van der Waals surface area contributed by atoms with E-state index in [1.54, 1.807) is 43.8 Å². The number of benzene rings is 2. The number of nitrogens with two attached hydrogens (primary N) is 1. The molecule has 0 unspecified atom stereocenters. The summed E-state index contributed by atoms with van der Waals surface area (Å²) in [6.45, 7) is 0. The molecular weight excluding hydrogens is 340 g/mol. The Morgan fingerprint density at radius 1 is 0.960 bits per heavy atom. The maximum atomic E-state index is 12.0. The van der Waals surface area contributed by atoms with Gasteiger partial charge < -0.3 is 10.1 Å². The van der Waals surface area contributed by atoms with Crippen molar-refractivity contribution < 1.29 is 13.2 Å². The Bertz CT molecular complexity index is 992. The molecule has 2 aromatic carbocycles. The van der Waals surface area contributed by atoms with E-state index in [2.05, 4.69) is 15.3 Å². The maximum Gasteiger partial charge on any atom is 0.240 e. The molecular formula is C17H16N4O3S. The largest absolute Gasteiger partial charge is 0.496 e. The Balaban J connectivity index is 2.25. The van der Waals surface area contributed by atoms with Crippen LogP contribution in [0.3, 0.4) is 0 Å². The summed E-state index contributed by atoms with van der Waals surface area (Å²) in [5, 5.41) is 8.35. The van der Waals surface area contributed by atoms with Crippen LogP contribution in [-0.4, -0.2) is 25.5 Å². The van der Waals surface area contributed by atoms with Gasteiger partial charge >= 0.3 is 0 Å². The second-order valence-electron chi connectivity index (χ2n) is 5.12. The molecule has 8 heteroatoms. The summed E-state index contributed by atoms with van der Waals surface area (Å²) in [5.74, 6) is 0.862. The third kappa shape index (κ3) is 3.59. The summed E-state index contributed by atoms with van der Waals surface area (Å²) >= 11 is 0. The molecule has 0 radical (unpaired) electrons. The lowest BCUT2D eigenvalue weighted by Crippen LogP contribution is -2.15. The monoisotopic (exact) mass is 356 g/mol. The standard InChI is InChI=1S/C17H16N4O3S/c1-24-14-8-3-2-6-12(14)13-7-4-9-15(25(18,22)23)16(13)21-17-19-10-5-11-20-17/h2-11H,1H3,(H2,18,22,23)(H,19,20,21). The SMILES string of the molecule is COc1ccccc1-c1cccc(S(N)(=O)=O)c1Nc1ncccn1. The second kappa shape index (κ2) is 6.88. The molecule has 1 aromatic heterocycles. The predicted molar refractivity (Wildman–Crippen MR) is 95.1 cm³/mol. The van der Waals surface area contributed by atoms with Gasteiger partial charge in [-0.25, -0.2) is 23.5 Å². The summed E-state index contributed by atoms with van der Waals surface area (Å²) in [4.78, 5) is 8.12. The highest BCUT2D eigenvalue weighted by atomic mass is 32.2. The summed E-state index contributed by atoms with van der Waals surface area (Å²) in [6, 6.07) is 13.8. The van der Waals surface area contributed by atoms with Crippen LogP contribution in [0.5, 0.6) is 5.75 Å². The van der Waals surface area contributed by atoms with Crippen molar-refractivity contribution in [3.8, 4) is 16.9 Å². The normalized spacial score (nSPS) is 11.1. The molecule has 0 atom stereocenters. The molecule has 0 saturated carbocycles. The first-order valence-electron chi connectivity index (χ1n) is 7.34. The molecule has 25 heavy (non-hydrogen) atoms. The number of primary sulfonamides is 1. The highest BCUT2D eigenvalue weighted by molar-refractivity contribution is 7.89. The van der Waals surface area contributed by atoms with Gasteiger partial charge in [0, 0.05) is 23.5 Å². The molecule has 128 valence electrons. The fourth-order valence-electron chi connectivity index (χ4n) is 2.46. The van der Waals surface area contributed by atoms with E-state index in [4.69, 9.17) is 9.88 Å². The minimum absolute atomic E-state index is 0.0524. The maximum absolute atomic E-state index is 12.0. The average molecular weight is 356 g/mol. The van der Waals surface area contributed by atoms with Gasteiger partial charge in [-0.05, 0) is 18.2 Å². The number of nitrogens with zero attached hydrogens (tertiary/aromatic N) is 2. The zero-order valence-electron chi connectivity index (χ0n) is 13.4. The first kappa shape index (κ1) is 16.9. The minimum Gasteiger partial charge on any atom is -0.496 e. The molecule has 0 aliphatic heterocycles. The topological polar surface area (TPSA) is 107 Å². The Morgan fingerprint density at radius 2 is 1.64 bits per heavy atom. The third-order valence-corrected chi connectivity index (χ3v) is 4.49. The fourth-order valence-corrected chi connectivity index (χ4v) is 3.18. The van der Waals surface area contributed by atoms with Crippen molar-refractivity contribution in [3.63, 3.8) is 0 Å². The molecule has 3 rings (SSSR count). The smallest absolute Gasteiger partial charge is 0.240 e. The van der Waals surface area contributed by atoms with Crippen molar-refractivity contribution in [2.75, 3.05) is 12.4 Å². The number of ether oxygens (including phenoxy) is 1. The van der Waals surface area contributed by atoms with Gasteiger partial charge in [0.25, 0.3) is 0 Å². The molecule has 0 spiro atoms. The molecule has 0 aliphatic rings. The lowest BCUT2D eigenvalue weighted by Gasteiger charge is -2.16. The van der Waals surface area contributed by atoms with Crippen molar-refractivity contribution >= 4 is 21.7 Å². The van der Waals surface area contributed by atoms with Gasteiger partial charge in [0.1, 0.15) is 10.6 Å². The summed E-state index contributed by atoms with van der Waals surface area (Å²) in [5.41, 5.74) is 1.62. The lowest BCUT2D eigenvalue weighted by molar-refractivity contribution is 0.416. The lowest BCUT2D eigenvalue weighted by atomic mass is 10.0. The molecule has 1 heterocycles. The number of hydrogen-bond acceptors (Lipinski definition) is 6. The van der Waals surface area contributed by atoms with Gasteiger partial charge in [-0.2, -0.15) is 0 Å². The van der Waals surface area contributed by atoms with E-state index in [0.29, 0.717) is 22.6 Å². The summed E-state index contributed by atoms with van der Waals surface area (Å²) in [6.07, 6.45) is 3.11. The van der Waals surface area contributed by atoms with E-state index in [1.807, 2.05) is 18.2 Å². The minimum atomic E-state index is -3.96. The molecule has 0 saturated heterocycles. The number of rotatable bonds is 5. The molecule has 0 fully saturated rings. The van der Waals surface area contributed by atoms with Crippen molar-refractivity contribution in [1.82, 2.24) is 9.97 Å². The van der Waals surface area contributed by atoms with E-state index >= 15 is 0 Å². The van der Waals surface area contributed by atoms with Crippen molar-refractivity contribution in [2.45, 2.75) is 4.90 Å². The molecule has 0 aliphatic carbocycles. The van der Waals surface area contributed by atoms with Gasteiger partial charge in [0.15, 0.2) is 0 Å². The number of methoxy groups -OCH3 is 1. The van der Waals surface area contributed by atoms with E-state index in [-0.39, 0.29) is 10.8 Å². The van der Waals surface area contributed by atoms with Crippen LogP contribution < -0.4 is 15.2 Å². The molecule has 0 bridgehead atoms. The van der Waals surface area contributed by atoms with E-state index in [9.17, 15) is 8.42 Å². The highest BCUT2D eigenvalue weighted by Crippen LogP contribution is 2.38. The Morgan fingerprint density at radius 3 is 2.32 bits per heavy atom. The van der Waals surface area contributed by atoms with Crippen LogP contribution in [0, 0.1) is 0 Å². The van der Waals surface area contributed by atoms with E-state index in [1.165, 1.54) is 6.07 Å². The quantitative estimate of drug-likeness (QED) is 0.727. The van der Waals surface area contributed by atoms with Crippen LogP contribution in [-0.2, 0) is 10.0 Å². The Labute approximate surface area is 145 Å². The van der Waals surface area contributed by atoms with Crippen LogP contribution >= 0.6 is 0 Å². The zero-order valence-corrected chi connectivity index (χ0v) is 14.2. The van der Waals surface area contributed by atoms with Crippen LogP contribution in [0.2, 0.25) is 0 Å². The molecule has 0 amide bonds. The van der Waals surface area contributed by atoms with Gasteiger partial charge in [0.05, 0.1) is 12.8 Å². The van der Waals surface area contributed by atoms with Crippen molar-refractivity contribution in [2.24, 2.45) is 5.14 Å². The fraction of sp³-hybridized carbons (Fsp3) is 0.0588. The predicted octanol–water partition coefficient (Wildman–Crippen LogP) is 2.54. The van der Waals surface area contributed by atoms with Gasteiger partial charge in [-0.15, -0.1) is 0 Å². The number of nitrogens with one attached hydrogen (secondary N) is 1. The number of para-hydroxylation sites is 2. The van der Waals surface area contributed by atoms with Crippen LogP contribution in [0.15, 0.2) is 65.8 Å². The van der Waals surface area contributed by atoms with E-state index in [0.717, 1.165) is 0 Å². The second-order valence-corrected chi connectivity index (χ2v) is 6.65. The van der Waals surface area contributed by atoms with Crippen molar-refractivity contribution in [1.29, 1.82) is 0 Å². The Hall–Kier alpha value is -2.97. The first-order chi connectivity index (χ1) is 12.0. The highest BCUT2D eigenvalue weighted by Gasteiger charge is 2.20. The van der Waals surface area contributed by atoms with E-state index < -0.39 is 10.0 Å². The van der Waals surface area contributed by atoms with Gasteiger partial charge in [-0.1, -0.05) is 30.3 Å². The number of aromatic nitrogens is 2. The summed E-state index contributed by atoms with van der Waals surface area (Å²) < 4.78 is 29.5. The molecule has 7 nitrogen and oxygen atoms in total. The van der Waals surface area contributed by atoms with Crippen LogP contribution in [0.1, 0.15) is 0 Å². The van der Waals surface area contributed by atoms with Crippen LogP contribution in [0.4, 0.5) is 11.6 Å².